The minimum atomic E-state index is -0.448. The van der Waals surface area contributed by atoms with Gasteiger partial charge in [0.25, 0.3) is 5.91 Å². The van der Waals surface area contributed by atoms with Crippen LogP contribution in [0, 0.1) is 0 Å². The van der Waals surface area contributed by atoms with Crippen LogP contribution in [0.25, 0.3) is 0 Å². The second-order valence-electron chi connectivity index (χ2n) is 6.32. The molecule has 1 aromatic rings. The third kappa shape index (κ3) is 3.98. The zero-order valence-electron chi connectivity index (χ0n) is 12.2. The lowest BCUT2D eigenvalue weighted by atomic mass is 9.87. The Labute approximate surface area is 115 Å². The molecule has 0 saturated heterocycles. The molecule has 1 aliphatic carbocycles. The first-order valence-electron chi connectivity index (χ1n) is 6.94. The summed E-state index contributed by atoms with van der Waals surface area (Å²) in [6.45, 7) is 8.28. The third-order valence-electron chi connectivity index (χ3n) is 3.31. The number of nitrogens with one attached hydrogen (secondary N) is 1. The van der Waals surface area contributed by atoms with E-state index in [1.165, 1.54) is 5.56 Å². The SMILES string of the molecule is CC(Oc1cccc(C(C)(C)C)c1)C(=O)NC1CC1. The van der Waals surface area contributed by atoms with Gasteiger partial charge >= 0.3 is 0 Å². The molecule has 104 valence electrons. The van der Waals surface area contributed by atoms with E-state index in [0.717, 1.165) is 18.6 Å². The highest BCUT2D eigenvalue weighted by atomic mass is 16.5. The fourth-order valence-corrected chi connectivity index (χ4v) is 1.84. The highest BCUT2D eigenvalue weighted by Gasteiger charge is 2.26. The molecule has 0 spiro atoms. The number of hydrogen-bond acceptors (Lipinski definition) is 2. The Hall–Kier alpha value is -1.51. The van der Waals surface area contributed by atoms with Gasteiger partial charge in [-0.05, 0) is 42.9 Å². The average molecular weight is 261 g/mol. The van der Waals surface area contributed by atoms with E-state index in [2.05, 4.69) is 32.2 Å². The Morgan fingerprint density at radius 2 is 2.05 bits per heavy atom. The van der Waals surface area contributed by atoms with Crippen molar-refractivity contribution < 1.29 is 9.53 Å². The first-order valence-corrected chi connectivity index (χ1v) is 6.94. The van der Waals surface area contributed by atoms with Crippen LogP contribution in [-0.4, -0.2) is 18.1 Å². The second kappa shape index (κ2) is 5.24. The number of rotatable bonds is 4. The van der Waals surface area contributed by atoms with E-state index in [1.807, 2.05) is 18.2 Å². The maximum absolute atomic E-state index is 11.8. The maximum Gasteiger partial charge on any atom is 0.260 e. The molecule has 1 N–H and O–H groups in total. The van der Waals surface area contributed by atoms with Crippen molar-refractivity contribution in [2.45, 2.75) is 58.1 Å². The molecule has 1 fully saturated rings. The summed E-state index contributed by atoms with van der Waals surface area (Å²) in [4.78, 5) is 11.8. The Morgan fingerprint density at radius 3 is 2.63 bits per heavy atom. The summed E-state index contributed by atoms with van der Waals surface area (Å²) in [5, 5.41) is 2.95. The Balaban J connectivity index is 1.99. The predicted octanol–water partition coefficient (Wildman–Crippen LogP) is 3.03. The van der Waals surface area contributed by atoms with E-state index < -0.39 is 6.10 Å². The largest absolute Gasteiger partial charge is 0.481 e. The molecule has 2 rings (SSSR count). The summed E-state index contributed by atoms with van der Waals surface area (Å²) in [5.41, 5.74) is 1.29. The summed E-state index contributed by atoms with van der Waals surface area (Å²) in [5.74, 6) is 0.731. The van der Waals surface area contributed by atoms with Crippen LogP contribution in [0.5, 0.6) is 5.75 Å². The van der Waals surface area contributed by atoms with E-state index in [-0.39, 0.29) is 11.3 Å². The van der Waals surface area contributed by atoms with Crippen LogP contribution in [0.3, 0.4) is 0 Å². The number of benzene rings is 1. The van der Waals surface area contributed by atoms with Gasteiger partial charge in [0, 0.05) is 6.04 Å². The molecule has 0 heterocycles. The zero-order valence-corrected chi connectivity index (χ0v) is 12.2. The smallest absolute Gasteiger partial charge is 0.260 e. The summed E-state index contributed by atoms with van der Waals surface area (Å²) in [6.07, 6.45) is 1.74. The lowest BCUT2D eigenvalue weighted by Gasteiger charge is -2.21. The molecule has 0 bridgehead atoms. The molecular weight excluding hydrogens is 238 g/mol. The fourth-order valence-electron chi connectivity index (χ4n) is 1.84. The first kappa shape index (κ1) is 13.9. The molecule has 1 aromatic carbocycles. The average Bonchev–Trinajstić information content (AvgIpc) is 3.12. The van der Waals surface area contributed by atoms with Crippen LogP contribution in [0.2, 0.25) is 0 Å². The van der Waals surface area contributed by atoms with E-state index in [1.54, 1.807) is 6.92 Å². The maximum atomic E-state index is 11.8. The number of amides is 1. The van der Waals surface area contributed by atoms with Crippen molar-refractivity contribution in [1.82, 2.24) is 5.32 Å². The molecule has 0 radical (unpaired) electrons. The standard InChI is InChI=1S/C16H23NO2/c1-11(15(18)17-13-8-9-13)19-14-7-5-6-12(10-14)16(2,3)4/h5-7,10-11,13H,8-9H2,1-4H3,(H,17,18). The molecule has 1 amide bonds. The summed E-state index contributed by atoms with van der Waals surface area (Å²) >= 11 is 0. The highest BCUT2D eigenvalue weighted by molar-refractivity contribution is 5.81. The molecule has 19 heavy (non-hydrogen) atoms. The lowest BCUT2D eigenvalue weighted by molar-refractivity contribution is -0.127. The van der Waals surface area contributed by atoms with E-state index >= 15 is 0 Å². The molecule has 1 unspecified atom stereocenters. The van der Waals surface area contributed by atoms with Gasteiger partial charge < -0.3 is 10.1 Å². The Kier molecular flexibility index (Phi) is 3.83. The molecule has 1 atom stereocenters. The van der Waals surface area contributed by atoms with Crippen molar-refractivity contribution in [3.8, 4) is 5.75 Å². The van der Waals surface area contributed by atoms with Gasteiger partial charge in [-0.2, -0.15) is 0 Å². The molecule has 0 aliphatic heterocycles. The van der Waals surface area contributed by atoms with Gasteiger partial charge in [0.2, 0.25) is 0 Å². The fraction of sp³-hybridized carbons (Fsp3) is 0.562. The normalized spacial score (nSPS) is 16.8. The van der Waals surface area contributed by atoms with Crippen LogP contribution in [0.1, 0.15) is 46.1 Å². The van der Waals surface area contributed by atoms with Gasteiger partial charge in [0.05, 0.1) is 0 Å². The van der Waals surface area contributed by atoms with E-state index in [4.69, 9.17) is 4.74 Å². The van der Waals surface area contributed by atoms with Crippen LogP contribution in [-0.2, 0) is 10.2 Å². The minimum absolute atomic E-state index is 0.0244. The van der Waals surface area contributed by atoms with Crippen LogP contribution < -0.4 is 10.1 Å². The number of carbonyl (C=O) groups is 1. The van der Waals surface area contributed by atoms with Crippen molar-refractivity contribution in [2.24, 2.45) is 0 Å². The van der Waals surface area contributed by atoms with Gasteiger partial charge in [0.15, 0.2) is 6.10 Å². The van der Waals surface area contributed by atoms with Gasteiger partial charge in [-0.1, -0.05) is 32.9 Å². The molecule has 1 aliphatic rings. The third-order valence-corrected chi connectivity index (χ3v) is 3.31. The van der Waals surface area contributed by atoms with E-state index in [9.17, 15) is 4.79 Å². The van der Waals surface area contributed by atoms with Gasteiger partial charge in [-0.15, -0.1) is 0 Å². The molecule has 1 saturated carbocycles. The second-order valence-corrected chi connectivity index (χ2v) is 6.32. The number of carbonyl (C=O) groups excluding carboxylic acids is 1. The lowest BCUT2D eigenvalue weighted by Crippen LogP contribution is -2.37. The monoisotopic (exact) mass is 261 g/mol. The van der Waals surface area contributed by atoms with Crippen molar-refractivity contribution >= 4 is 5.91 Å². The van der Waals surface area contributed by atoms with Crippen molar-refractivity contribution in [3.05, 3.63) is 29.8 Å². The van der Waals surface area contributed by atoms with Gasteiger partial charge in [0.1, 0.15) is 5.75 Å². The zero-order chi connectivity index (χ0) is 14.0. The van der Waals surface area contributed by atoms with Crippen molar-refractivity contribution in [1.29, 1.82) is 0 Å². The van der Waals surface area contributed by atoms with Gasteiger partial charge in [-0.3, -0.25) is 4.79 Å². The predicted molar refractivity (Wildman–Crippen MR) is 76.4 cm³/mol. The molecule has 0 aromatic heterocycles. The number of ether oxygens (including phenoxy) is 1. The van der Waals surface area contributed by atoms with Crippen molar-refractivity contribution in [3.63, 3.8) is 0 Å². The van der Waals surface area contributed by atoms with E-state index in [0.29, 0.717) is 6.04 Å². The summed E-state index contributed by atoms with van der Waals surface area (Å²) in [7, 11) is 0. The summed E-state index contributed by atoms with van der Waals surface area (Å²) < 4.78 is 5.73. The van der Waals surface area contributed by atoms with Crippen molar-refractivity contribution in [2.75, 3.05) is 0 Å². The van der Waals surface area contributed by atoms with Crippen LogP contribution in [0.15, 0.2) is 24.3 Å². The topological polar surface area (TPSA) is 38.3 Å². The molecule has 3 heteroatoms. The quantitative estimate of drug-likeness (QED) is 0.904. The van der Waals surface area contributed by atoms with Crippen LogP contribution >= 0.6 is 0 Å². The van der Waals surface area contributed by atoms with Gasteiger partial charge in [-0.25, -0.2) is 0 Å². The van der Waals surface area contributed by atoms with Crippen LogP contribution in [0.4, 0.5) is 0 Å². The number of hydrogen-bond donors (Lipinski definition) is 1. The first-order chi connectivity index (χ1) is 8.86. The Morgan fingerprint density at radius 1 is 1.37 bits per heavy atom. The Bertz CT molecular complexity index is 458. The highest BCUT2D eigenvalue weighted by Crippen LogP contribution is 2.26. The molecule has 3 nitrogen and oxygen atoms in total. The summed E-state index contributed by atoms with van der Waals surface area (Å²) in [6, 6.07) is 8.35. The molecular formula is C16H23NO2. The minimum Gasteiger partial charge on any atom is -0.481 e.